The normalized spacial score (nSPS) is 11.0. The zero-order valence-corrected chi connectivity index (χ0v) is 17.0. The standard InChI is InChI=1S/C16H19BrN8O3/c1-3-24-11(2)12(6-19-24)8-23-9-13(7-18-23)20-15(26)4-5-22-10-14(17)16(21-22)25(27)28/h6-7,9-10H,3-5,8H2,1-2H3,(H,20,26). The summed E-state index contributed by atoms with van der Waals surface area (Å²) in [6.07, 6.45) is 6.74. The lowest BCUT2D eigenvalue weighted by atomic mass is 10.2. The second kappa shape index (κ2) is 8.33. The van der Waals surface area contributed by atoms with E-state index >= 15 is 0 Å². The van der Waals surface area contributed by atoms with Crippen LogP contribution in [-0.2, 0) is 24.4 Å². The first-order chi connectivity index (χ1) is 13.4. The summed E-state index contributed by atoms with van der Waals surface area (Å²) in [4.78, 5) is 22.3. The van der Waals surface area contributed by atoms with Crippen molar-refractivity contribution in [1.29, 1.82) is 0 Å². The fraction of sp³-hybridized carbons (Fsp3) is 0.375. The highest BCUT2D eigenvalue weighted by molar-refractivity contribution is 9.10. The van der Waals surface area contributed by atoms with E-state index < -0.39 is 4.92 Å². The van der Waals surface area contributed by atoms with E-state index in [-0.39, 0.29) is 29.2 Å². The van der Waals surface area contributed by atoms with Gasteiger partial charge in [0.15, 0.2) is 0 Å². The number of hydrogen-bond donors (Lipinski definition) is 1. The van der Waals surface area contributed by atoms with E-state index in [2.05, 4.69) is 36.5 Å². The molecule has 148 valence electrons. The minimum atomic E-state index is -0.582. The van der Waals surface area contributed by atoms with E-state index in [0.717, 1.165) is 17.8 Å². The lowest BCUT2D eigenvalue weighted by molar-refractivity contribution is -0.390. The molecule has 0 unspecified atom stereocenters. The van der Waals surface area contributed by atoms with E-state index in [1.165, 1.54) is 10.9 Å². The number of carbonyl (C=O) groups excluding carboxylic acids is 1. The molecule has 3 aromatic heterocycles. The Morgan fingerprint density at radius 2 is 2.07 bits per heavy atom. The second-order valence-corrected chi connectivity index (χ2v) is 6.97. The van der Waals surface area contributed by atoms with E-state index in [9.17, 15) is 14.9 Å². The Labute approximate surface area is 168 Å². The SMILES string of the molecule is CCn1ncc(Cn2cc(NC(=O)CCn3cc(Br)c([N+](=O)[O-])n3)cn2)c1C. The molecule has 0 fully saturated rings. The molecule has 12 heteroatoms. The van der Waals surface area contributed by atoms with Gasteiger partial charge in [-0.3, -0.25) is 14.2 Å². The number of aromatic nitrogens is 6. The van der Waals surface area contributed by atoms with Crippen molar-refractivity contribution in [3.63, 3.8) is 0 Å². The lowest BCUT2D eigenvalue weighted by Gasteiger charge is -2.03. The number of rotatable bonds is 8. The largest absolute Gasteiger partial charge is 0.404 e. The molecule has 1 N–H and O–H groups in total. The number of aryl methyl sites for hydroxylation is 2. The minimum Gasteiger partial charge on any atom is -0.358 e. The smallest absolute Gasteiger partial charge is 0.358 e. The summed E-state index contributed by atoms with van der Waals surface area (Å²) in [5, 5.41) is 25.9. The van der Waals surface area contributed by atoms with Crippen LogP contribution >= 0.6 is 15.9 Å². The Hall–Kier alpha value is -3.02. The molecule has 0 bridgehead atoms. The summed E-state index contributed by atoms with van der Waals surface area (Å²) in [5.74, 6) is -0.507. The van der Waals surface area contributed by atoms with Crippen LogP contribution in [-0.4, -0.2) is 40.2 Å². The van der Waals surface area contributed by atoms with E-state index in [0.29, 0.717) is 12.2 Å². The third-order valence-corrected chi connectivity index (χ3v) is 4.75. The monoisotopic (exact) mass is 450 g/mol. The molecule has 28 heavy (non-hydrogen) atoms. The zero-order valence-electron chi connectivity index (χ0n) is 15.4. The van der Waals surface area contributed by atoms with Gasteiger partial charge in [0.1, 0.15) is 4.47 Å². The molecule has 0 aromatic carbocycles. The minimum absolute atomic E-state index is 0.124. The Bertz CT molecular complexity index is 1010. The topological polar surface area (TPSA) is 126 Å². The lowest BCUT2D eigenvalue weighted by Crippen LogP contribution is -2.14. The molecule has 0 saturated carbocycles. The average molecular weight is 451 g/mol. The highest BCUT2D eigenvalue weighted by Crippen LogP contribution is 2.22. The highest BCUT2D eigenvalue weighted by atomic mass is 79.9. The van der Waals surface area contributed by atoms with Crippen molar-refractivity contribution in [1.82, 2.24) is 29.3 Å². The Morgan fingerprint density at radius 1 is 1.29 bits per heavy atom. The van der Waals surface area contributed by atoms with Crippen LogP contribution in [0.15, 0.2) is 29.3 Å². The van der Waals surface area contributed by atoms with Crippen LogP contribution in [0.3, 0.4) is 0 Å². The molecule has 3 rings (SSSR count). The maximum absolute atomic E-state index is 12.1. The molecule has 0 aliphatic rings. The fourth-order valence-corrected chi connectivity index (χ4v) is 3.17. The van der Waals surface area contributed by atoms with Crippen LogP contribution in [0.4, 0.5) is 11.5 Å². The van der Waals surface area contributed by atoms with Crippen LogP contribution in [0.5, 0.6) is 0 Å². The number of carbonyl (C=O) groups is 1. The second-order valence-electron chi connectivity index (χ2n) is 6.12. The van der Waals surface area contributed by atoms with Gasteiger partial charge in [0, 0.05) is 30.4 Å². The Morgan fingerprint density at radius 3 is 2.71 bits per heavy atom. The summed E-state index contributed by atoms with van der Waals surface area (Å²) in [7, 11) is 0. The molecule has 0 aliphatic carbocycles. The predicted molar refractivity (Wildman–Crippen MR) is 104 cm³/mol. The summed E-state index contributed by atoms with van der Waals surface area (Å²) < 4.78 is 5.29. The number of amides is 1. The Balaban J connectivity index is 1.54. The first kappa shape index (κ1) is 19.7. The van der Waals surface area contributed by atoms with E-state index in [4.69, 9.17) is 0 Å². The predicted octanol–water partition coefficient (Wildman–Crippen LogP) is 2.35. The van der Waals surface area contributed by atoms with Crippen molar-refractivity contribution in [3.8, 4) is 0 Å². The van der Waals surface area contributed by atoms with Crippen LogP contribution < -0.4 is 5.32 Å². The van der Waals surface area contributed by atoms with Gasteiger partial charge in [-0.25, -0.2) is 0 Å². The molecule has 1 amide bonds. The van der Waals surface area contributed by atoms with Gasteiger partial charge >= 0.3 is 5.82 Å². The maximum Gasteiger partial charge on any atom is 0.404 e. The van der Waals surface area contributed by atoms with Crippen LogP contribution in [0.25, 0.3) is 0 Å². The first-order valence-corrected chi connectivity index (χ1v) is 9.37. The molecule has 3 heterocycles. The maximum atomic E-state index is 12.1. The number of nitrogens with one attached hydrogen (secondary N) is 1. The first-order valence-electron chi connectivity index (χ1n) is 8.58. The molecule has 0 atom stereocenters. The molecule has 0 radical (unpaired) electrons. The molecule has 0 spiro atoms. The van der Waals surface area contributed by atoms with Gasteiger partial charge in [0.25, 0.3) is 0 Å². The van der Waals surface area contributed by atoms with Crippen molar-refractivity contribution in [3.05, 3.63) is 50.6 Å². The third-order valence-electron chi connectivity index (χ3n) is 4.19. The fourth-order valence-electron chi connectivity index (χ4n) is 2.71. The van der Waals surface area contributed by atoms with Crippen LogP contribution in [0.2, 0.25) is 0 Å². The molecule has 3 aromatic rings. The van der Waals surface area contributed by atoms with E-state index in [1.807, 2.05) is 24.7 Å². The van der Waals surface area contributed by atoms with Gasteiger partial charge in [0.05, 0.1) is 42.5 Å². The van der Waals surface area contributed by atoms with Crippen molar-refractivity contribution < 1.29 is 9.72 Å². The van der Waals surface area contributed by atoms with Crippen molar-refractivity contribution in [2.24, 2.45) is 0 Å². The number of nitrogens with zero attached hydrogens (tertiary/aromatic N) is 7. The molecule has 11 nitrogen and oxygen atoms in total. The van der Waals surface area contributed by atoms with Crippen molar-refractivity contribution >= 4 is 33.3 Å². The third kappa shape index (κ3) is 4.44. The highest BCUT2D eigenvalue weighted by Gasteiger charge is 2.19. The molecule has 0 saturated heterocycles. The summed E-state index contributed by atoms with van der Waals surface area (Å²) >= 11 is 3.08. The van der Waals surface area contributed by atoms with Crippen LogP contribution in [0, 0.1) is 17.0 Å². The number of halogens is 1. The zero-order chi connectivity index (χ0) is 20.3. The Kier molecular flexibility index (Phi) is 5.87. The molecular weight excluding hydrogens is 432 g/mol. The average Bonchev–Trinajstić information content (AvgIpc) is 3.34. The molecular formula is C16H19BrN8O3. The van der Waals surface area contributed by atoms with Gasteiger partial charge in [0.2, 0.25) is 5.91 Å². The summed E-state index contributed by atoms with van der Waals surface area (Å²) in [6, 6.07) is 0. The van der Waals surface area contributed by atoms with Gasteiger partial charge in [-0.05, 0) is 34.7 Å². The quantitative estimate of drug-likeness (QED) is 0.414. The van der Waals surface area contributed by atoms with E-state index in [1.54, 1.807) is 17.1 Å². The molecule has 0 aliphatic heterocycles. The van der Waals surface area contributed by atoms with Crippen molar-refractivity contribution in [2.75, 3.05) is 5.32 Å². The number of anilines is 1. The summed E-state index contributed by atoms with van der Waals surface area (Å²) in [5.41, 5.74) is 2.73. The number of nitro groups is 1. The van der Waals surface area contributed by atoms with Crippen LogP contribution in [0.1, 0.15) is 24.6 Å². The number of hydrogen-bond acceptors (Lipinski definition) is 6. The van der Waals surface area contributed by atoms with Gasteiger partial charge in [-0.15, -0.1) is 0 Å². The van der Waals surface area contributed by atoms with Gasteiger partial charge in [-0.1, -0.05) is 0 Å². The van der Waals surface area contributed by atoms with Gasteiger partial charge in [-0.2, -0.15) is 14.9 Å². The summed E-state index contributed by atoms with van der Waals surface area (Å²) in [6.45, 7) is 5.64. The van der Waals surface area contributed by atoms with Gasteiger partial charge < -0.3 is 15.4 Å². The van der Waals surface area contributed by atoms with Crippen molar-refractivity contribution in [2.45, 2.75) is 39.9 Å².